The molecule has 0 unspecified atom stereocenters. The van der Waals surface area contributed by atoms with E-state index >= 15 is 0 Å². The lowest BCUT2D eigenvalue weighted by Crippen LogP contribution is -2.28. The molecular weight excluding hydrogens is 338 g/mol. The molecule has 0 aliphatic rings. The van der Waals surface area contributed by atoms with Crippen molar-refractivity contribution in [3.63, 3.8) is 0 Å². The predicted octanol–water partition coefficient (Wildman–Crippen LogP) is 4.06. The Morgan fingerprint density at radius 2 is 1.96 bits per heavy atom. The van der Waals surface area contributed by atoms with E-state index < -0.39 is 6.09 Å². The van der Waals surface area contributed by atoms with Crippen LogP contribution in [0.3, 0.4) is 0 Å². The minimum Gasteiger partial charge on any atom is -0.490 e. The Hall–Kier alpha value is -2.64. The van der Waals surface area contributed by atoms with E-state index in [2.05, 4.69) is 29.3 Å². The molecule has 25 heavy (non-hydrogen) atoms. The van der Waals surface area contributed by atoms with Crippen LogP contribution in [0.2, 0.25) is 5.02 Å². The van der Waals surface area contributed by atoms with Crippen LogP contribution in [0, 0.1) is 11.8 Å². The molecular formula is C20H20ClNO3. The first-order chi connectivity index (χ1) is 12.2. The number of nitrogens with one attached hydrogen (secondary N) is 1. The van der Waals surface area contributed by atoms with Gasteiger partial charge < -0.3 is 14.8 Å². The number of ether oxygens (including phenoxy) is 2. The average Bonchev–Trinajstić information content (AvgIpc) is 2.61. The fraction of sp³-hybridized carbons (Fsp3) is 0.250. The van der Waals surface area contributed by atoms with E-state index in [-0.39, 0.29) is 6.61 Å². The molecule has 0 saturated carbocycles. The summed E-state index contributed by atoms with van der Waals surface area (Å²) in [7, 11) is 0. The van der Waals surface area contributed by atoms with E-state index in [1.165, 1.54) is 5.56 Å². The van der Waals surface area contributed by atoms with E-state index in [4.69, 9.17) is 21.1 Å². The molecule has 2 aromatic rings. The third kappa shape index (κ3) is 6.78. The van der Waals surface area contributed by atoms with Gasteiger partial charge in [-0.25, -0.2) is 4.79 Å². The Morgan fingerprint density at radius 3 is 2.68 bits per heavy atom. The zero-order chi connectivity index (χ0) is 17.9. The van der Waals surface area contributed by atoms with Crippen LogP contribution in [0.5, 0.6) is 5.75 Å². The highest BCUT2D eigenvalue weighted by Crippen LogP contribution is 2.26. The van der Waals surface area contributed by atoms with Gasteiger partial charge in [-0.2, -0.15) is 0 Å². The molecule has 0 atom stereocenters. The van der Waals surface area contributed by atoms with Gasteiger partial charge in [0.25, 0.3) is 0 Å². The molecule has 5 heteroatoms. The van der Waals surface area contributed by atoms with E-state index in [9.17, 15) is 4.79 Å². The fourth-order valence-electron chi connectivity index (χ4n) is 2.14. The molecule has 0 spiro atoms. The first-order valence-corrected chi connectivity index (χ1v) is 8.32. The third-order valence-corrected chi connectivity index (χ3v) is 3.62. The fourth-order valence-corrected chi connectivity index (χ4v) is 2.40. The predicted molar refractivity (Wildman–Crippen MR) is 99.0 cm³/mol. The summed E-state index contributed by atoms with van der Waals surface area (Å²) in [5, 5.41) is 3.13. The van der Waals surface area contributed by atoms with Crippen molar-refractivity contribution in [2.45, 2.75) is 13.3 Å². The van der Waals surface area contributed by atoms with Crippen LogP contribution in [0.25, 0.3) is 0 Å². The number of hydrogen-bond acceptors (Lipinski definition) is 3. The number of amides is 1. The van der Waals surface area contributed by atoms with Crippen molar-refractivity contribution in [2.24, 2.45) is 0 Å². The number of alkyl carbamates (subject to hydrolysis) is 1. The highest BCUT2D eigenvalue weighted by atomic mass is 35.5. The van der Waals surface area contributed by atoms with Crippen LogP contribution in [-0.2, 0) is 11.2 Å². The van der Waals surface area contributed by atoms with Crippen LogP contribution in [-0.4, -0.2) is 25.9 Å². The Balaban J connectivity index is 1.77. The van der Waals surface area contributed by atoms with Gasteiger partial charge in [0.15, 0.2) is 6.61 Å². The standard InChI is InChI=1S/C20H20ClNO3/c1-2-3-12-25-20(23)22-11-13-24-19-10-9-17(15-18(19)21)14-16-7-5-4-6-8-16/h4-10,15H,11-14H2,1H3,(H,22,23). The molecule has 0 saturated heterocycles. The summed E-state index contributed by atoms with van der Waals surface area (Å²) in [6, 6.07) is 15.9. The first-order valence-electron chi connectivity index (χ1n) is 7.94. The van der Waals surface area contributed by atoms with Crippen molar-refractivity contribution in [3.8, 4) is 17.6 Å². The summed E-state index contributed by atoms with van der Waals surface area (Å²) in [6.07, 6.45) is 0.296. The number of carbonyl (C=O) groups is 1. The Bertz CT molecular complexity index is 751. The second kappa shape index (κ2) is 10.3. The van der Waals surface area contributed by atoms with Gasteiger partial charge in [-0.1, -0.05) is 53.9 Å². The van der Waals surface area contributed by atoms with Gasteiger partial charge in [0.1, 0.15) is 12.4 Å². The zero-order valence-corrected chi connectivity index (χ0v) is 14.8. The minimum absolute atomic E-state index is 0.0812. The molecule has 0 radical (unpaired) electrons. The number of hydrogen-bond donors (Lipinski definition) is 1. The second-order valence-electron chi connectivity index (χ2n) is 5.21. The monoisotopic (exact) mass is 357 g/mol. The molecule has 0 aliphatic heterocycles. The number of carbonyl (C=O) groups excluding carboxylic acids is 1. The van der Waals surface area contributed by atoms with Gasteiger partial charge in [0, 0.05) is 0 Å². The number of rotatable bonds is 7. The van der Waals surface area contributed by atoms with Crippen molar-refractivity contribution >= 4 is 17.7 Å². The Labute approximate surface area is 153 Å². The number of benzene rings is 2. The summed E-state index contributed by atoms with van der Waals surface area (Å²) in [5.74, 6) is 5.88. The van der Waals surface area contributed by atoms with Crippen molar-refractivity contribution in [3.05, 3.63) is 64.7 Å². The average molecular weight is 358 g/mol. The smallest absolute Gasteiger partial charge is 0.408 e. The molecule has 2 rings (SSSR count). The molecule has 0 fully saturated rings. The molecule has 2 aromatic carbocycles. The number of halogens is 1. The first kappa shape index (κ1) is 18.7. The maximum absolute atomic E-state index is 11.3. The molecule has 1 N–H and O–H groups in total. The summed E-state index contributed by atoms with van der Waals surface area (Å²) >= 11 is 6.27. The van der Waals surface area contributed by atoms with Crippen LogP contribution < -0.4 is 10.1 Å². The van der Waals surface area contributed by atoms with E-state index in [1.54, 1.807) is 6.92 Å². The normalized spacial score (nSPS) is 9.68. The minimum atomic E-state index is -0.518. The topological polar surface area (TPSA) is 47.6 Å². The highest BCUT2D eigenvalue weighted by Gasteiger charge is 2.05. The van der Waals surface area contributed by atoms with Crippen LogP contribution in [0.15, 0.2) is 48.5 Å². The zero-order valence-electron chi connectivity index (χ0n) is 14.0. The van der Waals surface area contributed by atoms with E-state index in [1.807, 2.05) is 36.4 Å². The van der Waals surface area contributed by atoms with Crippen molar-refractivity contribution < 1.29 is 14.3 Å². The molecule has 1 amide bonds. The largest absolute Gasteiger partial charge is 0.490 e. The summed E-state index contributed by atoms with van der Waals surface area (Å²) in [5.41, 5.74) is 2.34. The second-order valence-corrected chi connectivity index (χ2v) is 5.61. The van der Waals surface area contributed by atoms with Gasteiger partial charge in [-0.05, 0) is 36.6 Å². The SMILES string of the molecule is CC#CCOC(=O)NCCOc1ccc(Cc2ccccc2)cc1Cl. The maximum atomic E-state index is 11.3. The quantitative estimate of drug-likeness (QED) is 0.600. The van der Waals surface area contributed by atoms with E-state index in [0.29, 0.717) is 23.9 Å². The molecule has 130 valence electrons. The lowest BCUT2D eigenvalue weighted by atomic mass is 10.1. The molecule has 0 aromatic heterocycles. The summed E-state index contributed by atoms with van der Waals surface area (Å²) in [4.78, 5) is 11.3. The van der Waals surface area contributed by atoms with Crippen LogP contribution >= 0.6 is 11.6 Å². The molecule has 0 heterocycles. The summed E-state index contributed by atoms with van der Waals surface area (Å²) in [6.45, 7) is 2.38. The maximum Gasteiger partial charge on any atom is 0.408 e. The van der Waals surface area contributed by atoms with Gasteiger partial charge in [-0.15, -0.1) is 5.92 Å². The lowest BCUT2D eigenvalue weighted by Gasteiger charge is -2.10. The molecule has 0 aliphatic carbocycles. The van der Waals surface area contributed by atoms with Gasteiger partial charge in [-0.3, -0.25) is 0 Å². The van der Waals surface area contributed by atoms with E-state index in [0.717, 1.165) is 12.0 Å². The Kier molecular flexibility index (Phi) is 7.68. The van der Waals surface area contributed by atoms with Crippen LogP contribution in [0.4, 0.5) is 4.79 Å². The summed E-state index contributed by atoms with van der Waals surface area (Å²) < 4.78 is 10.4. The van der Waals surface area contributed by atoms with Crippen molar-refractivity contribution in [1.29, 1.82) is 0 Å². The van der Waals surface area contributed by atoms with Gasteiger partial charge >= 0.3 is 6.09 Å². The third-order valence-electron chi connectivity index (χ3n) is 3.33. The molecule has 0 bridgehead atoms. The molecule has 4 nitrogen and oxygen atoms in total. The highest BCUT2D eigenvalue weighted by molar-refractivity contribution is 6.32. The Morgan fingerprint density at radius 1 is 1.16 bits per heavy atom. The lowest BCUT2D eigenvalue weighted by molar-refractivity contribution is 0.157. The van der Waals surface area contributed by atoms with Gasteiger partial charge in [0.2, 0.25) is 0 Å². The van der Waals surface area contributed by atoms with Crippen molar-refractivity contribution in [1.82, 2.24) is 5.32 Å². The van der Waals surface area contributed by atoms with Gasteiger partial charge in [0.05, 0.1) is 11.6 Å². The van der Waals surface area contributed by atoms with Crippen LogP contribution in [0.1, 0.15) is 18.1 Å². The van der Waals surface area contributed by atoms with Crippen molar-refractivity contribution in [2.75, 3.05) is 19.8 Å².